The van der Waals surface area contributed by atoms with Crippen LogP contribution in [0.2, 0.25) is 0 Å². The third-order valence-electron chi connectivity index (χ3n) is 5.82. The summed E-state index contributed by atoms with van der Waals surface area (Å²) in [6.07, 6.45) is 5.36. The van der Waals surface area contributed by atoms with Crippen LogP contribution in [0.15, 0.2) is 40.0 Å². The molecule has 0 bridgehead atoms. The predicted molar refractivity (Wildman–Crippen MR) is 122 cm³/mol. The third-order valence-corrected chi connectivity index (χ3v) is 5.82. The minimum Gasteiger partial charge on any atom is -0.501 e. The summed E-state index contributed by atoms with van der Waals surface area (Å²) in [5.74, 6) is -1.25. The van der Waals surface area contributed by atoms with Crippen molar-refractivity contribution in [1.82, 2.24) is 24.3 Å². The van der Waals surface area contributed by atoms with Crippen molar-refractivity contribution < 1.29 is 19.2 Å². The molecule has 174 valence electrons. The summed E-state index contributed by atoms with van der Waals surface area (Å²) < 4.78 is 7.83. The highest BCUT2D eigenvalue weighted by molar-refractivity contribution is 6.04. The summed E-state index contributed by atoms with van der Waals surface area (Å²) in [5.41, 5.74) is 1.06. The number of hydrogen-bond donors (Lipinski definition) is 3. The molecule has 12 nitrogen and oxygen atoms in total. The predicted octanol–water partition coefficient (Wildman–Crippen LogP) is 2.43. The van der Waals surface area contributed by atoms with Crippen molar-refractivity contribution in [1.29, 1.82) is 0 Å². The number of anilines is 2. The average molecular weight is 463 g/mol. The van der Waals surface area contributed by atoms with E-state index in [4.69, 9.17) is 9.51 Å². The minimum absolute atomic E-state index is 0.118. The second kappa shape index (κ2) is 8.14. The number of fused-ring (bicyclic) bond motifs is 1. The van der Waals surface area contributed by atoms with Gasteiger partial charge in [0.05, 0.1) is 17.2 Å². The lowest BCUT2D eigenvalue weighted by molar-refractivity contribution is -0.114. The number of nitrogens with zero attached hydrogens (tertiary/aromatic N) is 5. The Hall–Kier alpha value is -4.48. The lowest BCUT2D eigenvalue weighted by atomic mass is 9.92. The van der Waals surface area contributed by atoms with Crippen LogP contribution in [-0.4, -0.2) is 41.2 Å². The summed E-state index contributed by atoms with van der Waals surface area (Å²) in [5, 5.41) is 19.1. The fourth-order valence-electron chi connectivity index (χ4n) is 3.95. The van der Waals surface area contributed by atoms with E-state index < -0.39 is 22.9 Å². The molecular weight excluding hydrogens is 442 g/mol. The Morgan fingerprint density at radius 1 is 1.15 bits per heavy atom. The molecular formula is C22H21N7O5. The molecule has 1 fully saturated rings. The molecule has 0 spiro atoms. The van der Waals surface area contributed by atoms with Crippen molar-refractivity contribution in [3.05, 3.63) is 46.7 Å². The number of benzene rings is 1. The standard InChI is InChI=1S/C22H21N7O5/c1-11(30)24-12-6-7-15-16(8-12)29(14-4-3-5-14)20(26-15)19-27-17(18(31)22(33)28(19)2)21(32)25-13-9-23-34-10-13/h6-10,14,31H,3-5H2,1-2H3,(H,24,30)(H,25,32). The first-order valence-electron chi connectivity index (χ1n) is 10.6. The Morgan fingerprint density at radius 3 is 2.59 bits per heavy atom. The van der Waals surface area contributed by atoms with Crippen LogP contribution in [0.4, 0.5) is 11.4 Å². The second-order valence-corrected chi connectivity index (χ2v) is 8.14. The van der Waals surface area contributed by atoms with Crippen molar-refractivity contribution in [2.75, 3.05) is 10.6 Å². The molecule has 0 atom stereocenters. The molecule has 12 heteroatoms. The lowest BCUT2D eigenvalue weighted by Gasteiger charge is -2.29. The highest BCUT2D eigenvalue weighted by Crippen LogP contribution is 2.38. The molecule has 1 aliphatic rings. The zero-order valence-electron chi connectivity index (χ0n) is 18.4. The maximum Gasteiger partial charge on any atom is 0.296 e. The number of aromatic hydroxyl groups is 1. The number of rotatable bonds is 5. The van der Waals surface area contributed by atoms with Gasteiger partial charge < -0.3 is 24.8 Å². The van der Waals surface area contributed by atoms with Crippen molar-refractivity contribution in [3.8, 4) is 17.4 Å². The fraction of sp³-hybridized carbons (Fsp3) is 0.273. The van der Waals surface area contributed by atoms with E-state index in [2.05, 4.69) is 20.8 Å². The van der Waals surface area contributed by atoms with E-state index >= 15 is 0 Å². The Kier molecular flexibility index (Phi) is 5.11. The Balaban J connectivity index is 1.68. The van der Waals surface area contributed by atoms with E-state index in [1.807, 2.05) is 10.6 Å². The van der Waals surface area contributed by atoms with Gasteiger partial charge in [-0.3, -0.25) is 19.0 Å². The number of imidazole rings is 1. The molecule has 1 saturated carbocycles. The first-order chi connectivity index (χ1) is 16.3. The molecule has 2 amide bonds. The largest absolute Gasteiger partial charge is 0.501 e. The topological polar surface area (TPSA) is 157 Å². The van der Waals surface area contributed by atoms with Gasteiger partial charge in [0.2, 0.25) is 11.7 Å². The van der Waals surface area contributed by atoms with Gasteiger partial charge in [-0.1, -0.05) is 5.16 Å². The highest BCUT2D eigenvalue weighted by Gasteiger charge is 2.29. The Labute approximate surface area is 192 Å². The number of carbonyl (C=O) groups is 2. The monoisotopic (exact) mass is 463 g/mol. The average Bonchev–Trinajstić information content (AvgIpc) is 3.39. The summed E-state index contributed by atoms with van der Waals surface area (Å²) in [4.78, 5) is 46.2. The summed E-state index contributed by atoms with van der Waals surface area (Å²) in [6.45, 7) is 1.43. The van der Waals surface area contributed by atoms with Crippen LogP contribution in [0.25, 0.3) is 22.7 Å². The smallest absolute Gasteiger partial charge is 0.296 e. The van der Waals surface area contributed by atoms with Crippen LogP contribution in [0.5, 0.6) is 5.75 Å². The van der Waals surface area contributed by atoms with Crippen LogP contribution in [0.3, 0.4) is 0 Å². The number of carbonyl (C=O) groups excluding carboxylic acids is 2. The van der Waals surface area contributed by atoms with E-state index in [-0.39, 0.29) is 23.5 Å². The van der Waals surface area contributed by atoms with Gasteiger partial charge in [0.1, 0.15) is 12.0 Å². The van der Waals surface area contributed by atoms with Gasteiger partial charge >= 0.3 is 0 Å². The summed E-state index contributed by atoms with van der Waals surface area (Å²) in [6, 6.07) is 5.46. The quantitative estimate of drug-likeness (QED) is 0.407. The molecule has 3 heterocycles. The van der Waals surface area contributed by atoms with E-state index in [0.717, 1.165) is 29.3 Å². The maximum atomic E-state index is 12.8. The SMILES string of the molecule is CC(=O)Nc1ccc2nc(-c3nc(C(=O)Nc4cnoc4)c(O)c(=O)n3C)n(C3CCC3)c2c1. The molecule has 1 aromatic carbocycles. The minimum atomic E-state index is -0.793. The zero-order valence-corrected chi connectivity index (χ0v) is 18.4. The number of hydrogen-bond acceptors (Lipinski definition) is 8. The highest BCUT2D eigenvalue weighted by atomic mass is 16.5. The van der Waals surface area contributed by atoms with E-state index in [1.165, 1.54) is 26.4 Å². The van der Waals surface area contributed by atoms with Crippen molar-refractivity contribution >= 4 is 34.2 Å². The van der Waals surface area contributed by atoms with Crippen LogP contribution in [-0.2, 0) is 11.8 Å². The molecule has 0 aliphatic heterocycles. The summed E-state index contributed by atoms with van der Waals surface area (Å²) >= 11 is 0. The Morgan fingerprint density at radius 2 is 1.94 bits per heavy atom. The maximum absolute atomic E-state index is 12.8. The van der Waals surface area contributed by atoms with Crippen molar-refractivity contribution in [2.45, 2.75) is 32.2 Å². The molecule has 5 rings (SSSR count). The molecule has 0 unspecified atom stereocenters. The number of amides is 2. The second-order valence-electron chi connectivity index (χ2n) is 8.14. The molecule has 34 heavy (non-hydrogen) atoms. The third kappa shape index (κ3) is 3.58. The van der Waals surface area contributed by atoms with Crippen molar-refractivity contribution in [3.63, 3.8) is 0 Å². The van der Waals surface area contributed by atoms with Gasteiger partial charge in [0.25, 0.3) is 11.5 Å². The van der Waals surface area contributed by atoms with Crippen LogP contribution in [0, 0.1) is 0 Å². The number of nitrogens with one attached hydrogen (secondary N) is 2. The first kappa shape index (κ1) is 21.4. The molecule has 0 radical (unpaired) electrons. The molecule has 4 aromatic rings. The molecule has 0 saturated heterocycles. The lowest BCUT2D eigenvalue weighted by Crippen LogP contribution is -2.27. The van der Waals surface area contributed by atoms with Crippen molar-refractivity contribution in [2.24, 2.45) is 7.05 Å². The van der Waals surface area contributed by atoms with Gasteiger partial charge in [-0.05, 0) is 37.5 Å². The molecule has 3 N–H and O–H groups in total. The molecule has 1 aliphatic carbocycles. The van der Waals surface area contributed by atoms with E-state index in [9.17, 15) is 19.5 Å². The van der Waals surface area contributed by atoms with Crippen LogP contribution < -0.4 is 16.2 Å². The van der Waals surface area contributed by atoms with Gasteiger partial charge in [-0.15, -0.1) is 0 Å². The Bertz CT molecular complexity index is 1480. The van der Waals surface area contributed by atoms with E-state index in [0.29, 0.717) is 17.0 Å². The summed E-state index contributed by atoms with van der Waals surface area (Å²) in [7, 11) is 1.46. The normalized spacial score (nSPS) is 13.6. The van der Waals surface area contributed by atoms with Gasteiger partial charge in [-0.25, -0.2) is 9.97 Å². The first-order valence-corrected chi connectivity index (χ1v) is 10.6. The van der Waals surface area contributed by atoms with Crippen LogP contribution >= 0.6 is 0 Å². The van der Waals surface area contributed by atoms with Crippen LogP contribution in [0.1, 0.15) is 42.7 Å². The number of aromatic nitrogens is 5. The fourth-order valence-corrected chi connectivity index (χ4v) is 3.95. The van der Waals surface area contributed by atoms with Gasteiger partial charge in [0, 0.05) is 25.7 Å². The van der Waals surface area contributed by atoms with Gasteiger partial charge in [0.15, 0.2) is 17.3 Å². The van der Waals surface area contributed by atoms with Gasteiger partial charge in [-0.2, -0.15) is 0 Å². The van der Waals surface area contributed by atoms with E-state index in [1.54, 1.807) is 12.1 Å². The zero-order chi connectivity index (χ0) is 24.0. The molecule has 3 aromatic heterocycles.